The monoisotopic (exact) mass is 1880 g/mol. The minimum Gasteiger partial charge on any atom is -0.458 e. The van der Waals surface area contributed by atoms with Crippen molar-refractivity contribution in [2.24, 2.45) is 70.0 Å². The number of hydrogen-bond donors (Lipinski definition) is 7. The van der Waals surface area contributed by atoms with Gasteiger partial charge in [0.15, 0.2) is 18.1 Å². The SMILES string of the molecule is C/C=C/C[C@@H](C)[C@@H](OC(=O)CN(C)C(=O)CNC(=O)OCOC(=O)CCC(=O)OCC(=O)[C@@]1(O)[C@H](C)CC2C3CCC4=CC(=O)C=C[C@]4(C)[C@@]3(F)[C@@H](O)C[C@@]21C)[C@@H]1C(=O)N[C@@H](CC)C(=O)N(C)CC(=O)N(C)[C@@H](CC(C)C)C(=O)N[C@@H](C(C)C)C(=O)N(C)[C@@H](CC(C)C)C(=O)N[C@H](C)C(=O)N[C@H](C)C(=O)N(C)[C@H](CC(C)C)C(=O)N(C)[C@@H](CC(C)C)C(=O)N(C)[C@H](C(C)C)C(=O)N1C. The number of hydrogen-bond acceptors (Lipinski definition) is 24. The van der Waals surface area contributed by atoms with Crippen LogP contribution in [-0.4, -0.2) is 329 Å². The van der Waals surface area contributed by atoms with Gasteiger partial charge in [-0.1, -0.05) is 135 Å². The molecule has 0 aromatic carbocycles. The van der Waals surface area contributed by atoms with Gasteiger partial charge in [-0.05, 0) is 157 Å². The number of aliphatic hydroxyl groups is 2. The first-order valence-electron chi connectivity index (χ1n) is 46.6. The minimum absolute atomic E-state index is 0.0138. The summed E-state index contributed by atoms with van der Waals surface area (Å²) >= 11 is 0. The number of rotatable bonds is 28. The summed E-state index contributed by atoms with van der Waals surface area (Å²) in [6, 6.07) is -13.9. The summed E-state index contributed by atoms with van der Waals surface area (Å²) < 4.78 is 39.1. The Bertz CT molecular complexity index is 4340. The Hall–Kier alpha value is -10.3. The van der Waals surface area contributed by atoms with E-state index >= 15 is 23.6 Å². The van der Waals surface area contributed by atoms with Crippen LogP contribution in [0.4, 0.5) is 9.18 Å². The van der Waals surface area contributed by atoms with E-state index in [1.54, 1.807) is 81.4 Å². The highest BCUT2D eigenvalue weighted by molar-refractivity contribution is 6.02. The van der Waals surface area contributed by atoms with Gasteiger partial charge in [0.2, 0.25) is 83.5 Å². The van der Waals surface area contributed by atoms with E-state index in [-0.39, 0.29) is 87.2 Å². The van der Waals surface area contributed by atoms with E-state index < -0.39 is 277 Å². The predicted molar refractivity (Wildman–Crippen MR) is 488 cm³/mol. The summed E-state index contributed by atoms with van der Waals surface area (Å²) in [5.74, 6) is -19.5. The van der Waals surface area contributed by atoms with Crippen molar-refractivity contribution in [3.05, 3.63) is 36.0 Å². The van der Waals surface area contributed by atoms with Crippen LogP contribution in [0.2, 0.25) is 0 Å². The summed E-state index contributed by atoms with van der Waals surface area (Å²) in [5, 5.41) is 37.2. The number of carbonyl (C=O) groups is 18. The van der Waals surface area contributed by atoms with Gasteiger partial charge in [-0.25, -0.2) is 9.18 Å². The highest BCUT2D eigenvalue weighted by Gasteiger charge is 2.76. The first-order valence-corrected chi connectivity index (χ1v) is 46.6. The van der Waals surface area contributed by atoms with E-state index in [2.05, 4.69) is 26.6 Å². The summed E-state index contributed by atoms with van der Waals surface area (Å²) in [6.07, 6.45) is 2.29. The molecule has 13 amide bonds. The van der Waals surface area contributed by atoms with Crippen LogP contribution in [0.25, 0.3) is 0 Å². The molecule has 0 aromatic heterocycles. The zero-order valence-electron chi connectivity index (χ0n) is 83.4. The second-order valence-electron chi connectivity index (χ2n) is 40.0. The lowest BCUT2D eigenvalue weighted by Gasteiger charge is -2.62. The molecule has 4 fully saturated rings. The standard InChI is InChI=1S/C95H152FN13O24/c1-29-31-32-57(15)80(133-76(117)48-102(21)72(113)46-97-91(128)132-50-131-75(116)36-35-74(115)130-49-71(112)95(129)58(16)43-64-63-34-33-61-44-62(110)37-38-92(61,19)94(63,96)70(111)45-93(64,95)20)79-84(121)100-65(30-2)86(123)103(22)47-73(114)104(23)66(39-51(3)4)83(120)101-77(55(11)12)89(126)105(24)67(40-52(5)6)82(119)98-59(17)81(118)99-60(18)85(122)106(25)68(41-53(7)8)87(124)107(26)69(42-54(9)10)88(125)108(27)78(56(13)14)90(127)109(79)28/h29,31,37-38,44,51-60,63-70,77-80,111,129H,30,32-36,39-43,45-50H2,1-28H3,(H,97,128)(H,98,119)(H,99,118)(H,100,121)(H,101,120)/b31-29+/t57-,58-,59-,60-,63?,64?,65+,66+,67+,68-,69+,70+,77+,78-,79-,80-,92+,93+,94+,95+/m1/s1. The maximum atomic E-state index is 17.7. The van der Waals surface area contributed by atoms with E-state index in [0.717, 1.165) is 24.5 Å². The molecule has 4 aliphatic carbocycles. The predicted octanol–water partition coefficient (Wildman–Crippen LogP) is 4.75. The Morgan fingerprint density at radius 2 is 1.11 bits per heavy atom. The Kier molecular flexibility index (Phi) is 41.1. The van der Waals surface area contributed by atoms with Gasteiger partial charge in [-0.3, -0.25) is 81.5 Å². The Morgan fingerprint density at radius 3 is 1.65 bits per heavy atom. The van der Waals surface area contributed by atoms with Crippen LogP contribution in [-0.2, 0) is 100 Å². The number of allylic oxidation sites excluding steroid dienone is 6. The van der Waals surface area contributed by atoms with Crippen LogP contribution in [0.5, 0.6) is 0 Å². The minimum atomic E-state index is -2.22. The first kappa shape index (κ1) is 113. The number of carbonyl (C=O) groups excluding carboxylic acids is 18. The summed E-state index contributed by atoms with van der Waals surface area (Å²) in [5.41, 5.74) is -6.49. The maximum absolute atomic E-state index is 17.7. The average molecular weight is 1880 g/mol. The van der Waals surface area contributed by atoms with Gasteiger partial charge in [0.1, 0.15) is 85.2 Å². The number of alkyl halides is 1. The number of halogens is 1. The number of nitrogens with one attached hydrogen (secondary N) is 5. The number of aliphatic hydroxyl groups excluding tert-OH is 1. The van der Waals surface area contributed by atoms with Gasteiger partial charge < -0.3 is 94.9 Å². The van der Waals surface area contributed by atoms with Crippen molar-refractivity contribution >= 4 is 106 Å². The van der Waals surface area contributed by atoms with Crippen molar-refractivity contribution in [1.82, 2.24) is 65.8 Å². The smallest absolute Gasteiger partial charge is 0.410 e. The second kappa shape index (κ2) is 48.3. The number of ether oxygens (including phenoxy) is 4. The Labute approximate surface area is 783 Å². The van der Waals surface area contributed by atoms with Crippen molar-refractivity contribution in [2.45, 2.75) is 299 Å². The van der Waals surface area contributed by atoms with Crippen LogP contribution in [0.1, 0.15) is 216 Å². The molecule has 1 saturated heterocycles. The van der Waals surface area contributed by atoms with Crippen molar-refractivity contribution in [2.75, 3.05) is 89.4 Å². The highest BCUT2D eigenvalue weighted by atomic mass is 19.1. The molecule has 0 spiro atoms. The zero-order chi connectivity index (χ0) is 101. The van der Waals surface area contributed by atoms with Crippen LogP contribution >= 0.6 is 0 Å². The molecule has 2 unspecified atom stereocenters. The molecular weight excluding hydrogens is 1730 g/mol. The molecule has 0 aromatic rings. The van der Waals surface area contributed by atoms with E-state index in [9.17, 15) is 77.3 Å². The molecule has 1 heterocycles. The Balaban J connectivity index is 1.43. The van der Waals surface area contributed by atoms with Crippen LogP contribution in [0, 0.1) is 70.0 Å². The lowest BCUT2D eigenvalue weighted by molar-refractivity contribution is -0.220. The number of ketones is 2. The van der Waals surface area contributed by atoms with E-state index in [1.807, 2.05) is 55.4 Å². The third-order valence-electron chi connectivity index (χ3n) is 27.4. The summed E-state index contributed by atoms with van der Waals surface area (Å²) in [7, 11) is 10.6. The molecule has 0 radical (unpaired) electrons. The third kappa shape index (κ3) is 26.9. The lowest BCUT2D eigenvalue weighted by Crippen LogP contribution is -2.69. The number of alkyl carbamates (subject to hydrolysis) is 1. The Morgan fingerprint density at radius 1 is 0.602 bits per heavy atom. The number of Topliss-reactive ketones (excluding diaryl/α,β-unsaturated/α-hetero) is 1. The number of amides is 13. The topological polar surface area (TPSA) is 471 Å². The first-order chi connectivity index (χ1) is 61.7. The molecule has 1 aliphatic heterocycles. The van der Waals surface area contributed by atoms with Crippen molar-refractivity contribution < 1.29 is 120 Å². The van der Waals surface area contributed by atoms with Crippen LogP contribution in [0.3, 0.4) is 0 Å². The second-order valence-corrected chi connectivity index (χ2v) is 40.0. The van der Waals surface area contributed by atoms with E-state index in [0.29, 0.717) is 12.0 Å². The molecule has 5 aliphatic rings. The fourth-order valence-corrected chi connectivity index (χ4v) is 19.5. The van der Waals surface area contributed by atoms with Crippen molar-refractivity contribution in [1.29, 1.82) is 0 Å². The third-order valence-corrected chi connectivity index (χ3v) is 27.4. The molecule has 3 saturated carbocycles. The molecule has 5 rings (SSSR count). The number of fused-ring (bicyclic) bond motifs is 5. The van der Waals surface area contributed by atoms with Crippen molar-refractivity contribution in [3.8, 4) is 0 Å². The molecule has 7 N–H and O–H groups in total. The fourth-order valence-electron chi connectivity index (χ4n) is 19.5. The van der Waals surface area contributed by atoms with Crippen LogP contribution < -0.4 is 26.6 Å². The van der Waals surface area contributed by atoms with Gasteiger partial charge >= 0.3 is 24.0 Å². The molecule has 748 valence electrons. The molecular formula is C95H152FN13O24. The molecule has 20 atom stereocenters. The van der Waals surface area contributed by atoms with Gasteiger partial charge in [-0.15, -0.1) is 0 Å². The summed E-state index contributed by atoms with van der Waals surface area (Å²) in [4.78, 5) is 267. The number of nitrogens with zero attached hydrogens (tertiary/aromatic N) is 8. The maximum Gasteiger partial charge on any atom is 0.410 e. The van der Waals surface area contributed by atoms with E-state index in [4.69, 9.17) is 18.9 Å². The zero-order valence-corrected chi connectivity index (χ0v) is 83.4. The quantitative estimate of drug-likeness (QED) is 0.0240. The molecule has 37 nitrogen and oxygen atoms in total. The highest BCUT2D eigenvalue weighted by Crippen LogP contribution is 2.71. The largest absolute Gasteiger partial charge is 0.458 e. The lowest BCUT2D eigenvalue weighted by atomic mass is 9.44. The van der Waals surface area contributed by atoms with Gasteiger partial charge in [-0.2, -0.15) is 0 Å². The summed E-state index contributed by atoms with van der Waals surface area (Å²) in [6.45, 7) is 29.4. The number of likely N-dealkylation sites (N-methyl/N-ethyl adjacent to an activating group) is 8. The average Bonchev–Trinajstić information content (AvgIpc) is 1.58. The van der Waals surface area contributed by atoms with Crippen molar-refractivity contribution in [3.63, 3.8) is 0 Å². The fraction of sp³-hybridized carbons (Fsp3) is 0.747. The molecule has 133 heavy (non-hydrogen) atoms. The number of esters is 3. The van der Waals surface area contributed by atoms with Gasteiger partial charge in [0.25, 0.3) is 0 Å². The van der Waals surface area contributed by atoms with Gasteiger partial charge in [0.05, 0.1) is 25.5 Å². The molecule has 0 bridgehead atoms. The van der Waals surface area contributed by atoms with Gasteiger partial charge in [0, 0.05) is 73.1 Å². The molecule has 38 heteroatoms. The van der Waals surface area contributed by atoms with Crippen LogP contribution in [0.15, 0.2) is 36.0 Å². The normalized spacial score (nSPS) is 29.9. The van der Waals surface area contributed by atoms with E-state index in [1.165, 1.54) is 103 Å².